The molecule has 0 unspecified atom stereocenters. The monoisotopic (exact) mass is 307 g/mol. The molecule has 0 saturated carbocycles. The summed E-state index contributed by atoms with van der Waals surface area (Å²) in [5.74, 6) is 1.16. The van der Waals surface area contributed by atoms with Crippen molar-refractivity contribution in [3.8, 4) is 17.6 Å². The fraction of sp³-hybridized carbons (Fsp3) is 0.133. The molecule has 20 heavy (non-hydrogen) atoms. The van der Waals surface area contributed by atoms with Crippen molar-refractivity contribution in [2.45, 2.75) is 6.61 Å². The van der Waals surface area contributed by atoms with Gasteiger partial charge in [0.25, 0.3) is 0 Å². The number of rotatable bonds is 4. The van der Waals surface area contributed by atoms with Gasteiger partial charge in [-0.3, -0.25) is 0 Å². The molecule has 0 radical (unpaired) electrons. The number of benzene rings is 2. The summed E-state index contributed by atoms with van der Waals surface area (Å²) in [4.78, 5) is 0. The predicted octanol–water partition coefficient (Wildman–Crippen LogP) is 4.45. The minimum atomic E-state index is 0.347. The molecule has 0 amide bonds. The van der Waals surface area contributed by atoms with Crippen LogP contribution in [0, 0.1) is 11.3 Å². The Morgan fingerprint density at radius 2 is 1.90 bits per heavy atom. The first-order valence-electron chi connectivity index (χ1n) is 5.79. The molecular formula is C15H11Cl2NO2. The zero-order valence-electron chi connectivity index (χ0n) is 10.7. The Balaban J connectivity index is 2.11. The SMILES string of the molecule is COc1cc(COc2ccc(Cl)c(Cl)c2)ccc1C#N. The summed E-state index contributed by atoms with van der Waals surface area (Å²) in [7, 11) is 1.53. The van der Waals surface area contributed by atoms with E-state index in [9.17, 15) is 0 Å². The molecule has 0 aliphatic rings. The summed E-state index contributed by atoms with van der Waals surface area (Å²) in [5, 5.41) is 9.85. The lowest BCUT2D eigenvalue weighted by Gasteiger charge is -2.09. The van der Waals surface area contributed by atoms with Crippen LogP contribution in [-0.4, -0.2) is 7.11 Å². The third kappa shape index (κ3) is 3.36. The number of hydrogen-bond donors (Lipinski definition) is 0. The zero-order valence-corrected chi connectivity index (χ0v) is 12.2. The molecule has 0 bridgehead atoms. The molecule has 0 aliphatic carbocycles. The van der Waals surface area contributed by atoms with Gasteiger partial charge in [-0.25, -0.2) is 0 Å². The van der Waals surface area contributed by atoms with Crippen LogP contribution in [0.3, 0.4) is 0 Å². The average Bonchev–Trinajstić information content (AvgIpc) is 2.48. The first kappa shape index (κ1) is 14.5. The Labute approximate surface area is 127 Å². The Morgan fingerprint density at radius 1 is 1.10 bits per heavy atom. The van der Waals surface area contributed by atoms with E-state index in [1.807, 2.05) is 6.07 Å². The molecule has 0 aromatic heterocycles. The van der Waals surface area contributed by atoms with Crippen molar-refractivity contribution in [3.63, 3.8) is 0 Å². The number of ether oxygens (including phenoxy) is 2. The van der Waals surface area contributed by atoms with Crippen LogP contribution in [0.25, 0.3) is 0 Å². The fourth-order valence-corrected chi connectivity index (χ4v) is 1.94. The van der Waals surface area contributed by atoms with Gasteiger partial charge in [-0.15, -0.1) is 0 Å². The van der Waals surface area contributed by atoms with Crippen LogP contribution in [0.4, 0.5) is 0 Å². The highest BCUT2D eigenvalue weighted by Crippen LogP contribution is 2.27. The number of halogens is 2. The van der Waals surface area contributed by atoms with Gasteiger partial charge in [0.05, 0.1) is 22.7 Å². The summed E-state index contributed by atoms with van der Waals surface area (Å²) < 4.78 is 10.8. The normalized spacial score (nSPS) is 9.90. The molecule has 0 atom stereocenters. The summed E-state index contributed by atoms with van der Waals surface area (Å²) in [6.07, 6.45) is 0. The van der Waals surface area contributed by atoms with Gasteiger partial charge in [0.15, 0.2) is 0 Å². The van der Waals surface area contributed by atoms with E-state index in [1.54, 1.807) is 30.3 Å². The van der Waals surface area contributed by atoms with Crippen molar-refractivity contribution < 1.29 is 9.47 Å². The van der Waals surface area contributed by atoms with E-state index in [2.05, 4.69) is 6.07 Å². The molecule has 0 spiro atoms. The van der Waals surface area contributed by atoms with Crippen LogP contribution in [0.15, 0.2) is 36.4 Å². The van der Waals surface area contributed by atoms with Crippen LogP contribution in [-0.2, 0) is 6.61 Å². The first-order valence-corrected chi connectivity index (χ1v) is 6.54. The summed E-state index contributed by atoms with van der Waals surface area (Å²) in [5.41, 5.74) is 1.39. The quantitative estimate of drug-likeness (QED) is 0.838. The second kappa shape index (κ2) is 6.51. The van der Waals surface area contributed by atoms with Crippen LogP contribution in [0.1, 0.15) is 11.1 Å². The van der Waals surface area contributed by atoms with E-state index in [0.717, 1.165) is 5.56 Å². The van der Waals surface area contributed by atoms with Crippen molar-refractivity contribution >= 4 is 23.2 Å². The molecule has 5 heteroatoms. The van der Waals surface area contributed by atoms with Gasteiger partial charge in [-0.2, -0.15) is 5.26 Å². The van der Waals surface area contributed by atoms with Crippen molar-refractivity contribution in [2.75, 3.05) is 7.11 Å². The number of methoxy groups -OCH3 is 1. The van der Waals surface area contributed by atoms with Gasteiger partial charge >= 0.3 is 0 Å². The highest BCUT2D eigenvalue weighted by molar-refractivity contribution is 6.42. The Kier molecular flexibility index (Phi) is 4.73. The molecule has 3 nitrogen and oxygen atoms in total. The molecule has 0 saturated heterocycles. The molecule has 2 rings (SSSR count). The van der Waals surface area contributed by atoms with Gasteiger partial charge in [-0.1, -0.05) is 29.3 Å². The maximum absolute atomic E-state index is 8.92. The second-order valence-corrected chi connectivity index (χ2v) is 4.83. The van der Waals surface area contributed by atoms with Gasteiger partial charge in [0.1, 0.15) is 24.2 Å². The van der Waals surface area contributed by atoms with Crippen LogP contribution < -0.4 is 9.47 Å². The molecule has 0 N–H and O–H groups in total. The predicted molar refractivity (Wildman–Crippen MR) is 78.5 cm³/mol. The van der Waals surface area contributed by atoms with Gasteiger partial charge in [0, 0.05) is 6.07 Å². The van der Waals surface area contributed by atoms with Crippen LogP contribution in [0.2, 0.25) is 10.0 Å². The third-order valence-corrected chi connectivity index (χ3v) is 3.42. The number of hydrogen-bond acceptors (Lipinski definition) is 3. The van der Waals surface area contributed by atoms with E-state index in [1.165, 1.54) is 7.11 Å². The minimum absolute atomic E-state index is 0.347. The summed E-state index contributed by atoms with van der Waals surface area (Å²) in [6.45, 7) is 0.347. The third-order valence-electron chi connectivity index (χ3n) is 2.68. The standard InChI is InChI=1S/C15H11Cl2NO2/c1-19-15-6-10(2-3-11(15)8-18)9-20-12-4-5-13(16)14(17)7-12/h2-7H,9H2,1H3. The molecule has 2 aromatic carbocycles. The minimum Gasteiger partial charge on any atom is -0.495 e. The number of nitrogens with zero attached hydrogens (tertiary/aromatic N) is 1. The molecule has 102 valence electrons. The smallest absolute Gasteiger partial charge is 0.137 e. The lowest BCUT2D eigenvalue weighted by atomic mass is 10.1. The first-order chi connectivity index (χ1) is 9.63. The average molecular weight is 308 g/mol. The van der Waals surface area contributed by atoms with Crippen molar-refractivity contribution in [1.82, 2.24) is 0 Å². The van der Waals surface area contributed by atoms with Gasteiger partial charge < -0.3 is 9.47 Å². The molecule has 0 heterocycles. The topological polar surface area (TPSA) is 42.2 Å². The van der Waals surface area contributed by atoms with Gasteiger partial charge in [-0.05, 0) is 29.8 Å². The highest BCUT2D eigenvalue weighted by Gasteiger charge is 2.05. The van der Waals surface area contributed by atoms with Crippen LogP contribution >= 0.6 is 23.2 Å². The van der Waals surface area contributed by atoms with E-state index >= 15 is 0 Å². The van der Waals surface area contributed by atoms with Gasteiger partial charge in [0.2, 0.25) is 0 Å². The van der Waals surface area contributed by atoms with Crippen molar-refractivity contribution in [3.05, 3.63) is 57.6 Å². The molecule has 0 aliphatic heterocycles. The molecular weight excluding hydrogens is 297 g/mol. The Bertz CT molecular complexity index is 665. The largest absolute Gasteiger partial charge is 0.495 e. The summed E-state index contributed by atoms with van der Waals surface area (Å²) in [6, 6.07) is 12.4. The maximum atomic E-state index is 8.92. The van der Waals surface area contributed by atoms with E-state index < -0.39 is 0 Å². The fourth-order valence-electron chi connectivity index (χ4n) is 1.65. The molecule has 2 aromatic rings. The Hall–Kier alpha value is -1.89. The van der Waals surface area contributed by atoms with Crippen molar-refractivity contribution in [2.24, 2.45) is 0 Å². The number of nitriles is 1. The van der Waals surface area contributed by atoms with Crippen LogP contribution in [0.5, 0.6) is 11.5 Å². The Morgan fingerprint density at radius 3 is 2.55 bits per heavy atom. The maximum Gasteiger partial charge on any atom is 0.137 e. The molecule has 0 fully saturated rings. The van der Waals surface area contributed by atoms with E-state index in [-0.39, 0.29) is 0 Å². The second-order valence-electron chi connectivity index (χ2n) is 4.01. The van der Waals surface area contributed by atoms with E-state index in [4.69, 9.17) is 37.9 Å². The highest BCUT2D eigenvalue weighted by atomic mass is 35.5. The van der Waals surface area contributed by atoms with E-state index in [0.29, 0.717) is 33.7 Å². The lowest BCUT2D eigenvalue weighted by Crippen LogP contribution is -1.97. The summed E-state index contributed by atoms with van der Waals surface area (Å²) >= 11 is 11.8. The lowest BCUT2D eigenvalue weighted by molar-refractivity contribution is 0.305. The van der Waals surface area contributed by atoms with Crippen molar-refractivity contribution in [1.29, 1.82) is 5.26 Å². The zero-order chi connectivity index (χ0) is 14.5.